The van der Waals surface area contributed by atoms with Crippen molar-refractivity contribution in [1.82, 2.24) is 29.7 Å². The molecule has 0 radical (unpaired) electrons. The molecule has 4 rings (SSSR count). The number of imidazole rings is 2. The lowest BCUT2D eigenvalue weighted by Crippen LogP contribution is -2.48. The van der Waals surface area contributed by atoms with Gasteiger partial charge in [-0.3, -0.25) is 9.59 Å². The van der Waals surface area contributed by atoms with Crippen molar-refractivity contribution in [1.29, 1.82) is 0 Å². The fourth-order valence-corrected chi connectivity index (χ4v) is 6.99. The van der Waals surface area contributed by atoms with E-state index >= 15 is 0 Å². The van der Waals surface area contributed by atoms with E-state index in [2.05, 4.69) is 69.6 Å². The van der Waals surface area contributed by atoms with Crippen LogP contribution in [0.1, 0.15) is 143 Å². The van der Waals surface area contributed by atoms with Crippen molar-refractivity contribution in [2.75, 3.05) is 0 Å². The summed E-state index contributed by atoms with van der Waals surface area (Å²) in [6.07, 6.45) is 21.8. The molecule has 262 valence electrons. The summed E-state index contributed by atoms with van der Waals surface area (Å²) in [6, 6.07) is 16.2. The van der Waals surface area contributed by atoms with Gasteiger partial charge in [0.2, 0.25) is 11.8 Å². The fraction of sp³-hybridized carbons (Fsp3) is 0.600. The van der Waals surface area contributed by atoms with E-state index in [0.29, 0.717) is 25.7 Å². The molecule has 2 N–H and O–H groups in total. The van der Waals surface area contributed by atoms with Crippen LogP contribution in [0.3, 0.4) is 0 Å². The van der Waals surface area contributed by atoms with Gasteiger partial charge in [-0.05, 0) is 76.6 Å². The van der Waals surface area contributed by atoms with Crippen LogP contribution in [0.25, 0.3) is 22.1 Å². The molecule has 0 bridgehead atoms. The summed E-state index contributed by atoms with van der Waals surface area (Å²) in [6.45, 7) is 8.70. The summed E-state index contributed by atoms with van der Waals surface area (Å²) >= 11 is 0. The Morgan fingerprint density at radius 1 is 0.562 bits per heavy atom. The summed E-state index contributed by atoms with van der Waals surface area (Å²) in [4.78, 5) is 36.0. The van der Waals surface area contributed by atoms with E-state index in [-0.39, 0.29) is 11.8 Å². The second-order valence-corrected chi connectivity index (χ2v) is 14.1. The van der Waals surface area contributed by atoms with Gasteiger partial charge in [-0.15, -0.1) is 0 Å². The van der Waals surface area contributed by atoms with Gasteiger partial charge < -0.3 is 19.8 Å². The SMILES string of the molecule is CCCCCCCCC(C)(NC(=O)CCCCC(=O)NC(C)(CCCCCCCC)n1cnc2ccccc21)n1cnc2ccccc21. The molecule has 0 aliphatic carbocycles. The summed E-state index contributed by atoms with van der Waals surface area (Å²) in [5.74, 6) is 0.0268. The number of nitrogens with zero attached hydrogens (tertiary/aromatic N) is 4. The van der Waals surface area contributed by atoms with Crippen molar-refractivity contribution in [2.45, 2.75) is 155 Å². The van der Waals surface area contributed by atoms with Crippen molar-refractivity contribution >= 4 is 33.9 Å². The average molecular weight is 657 g/mol. The number of para-hydroxylation sites is 4. The zero-order valence-electron chi connectivity index (χ0n) is 30.1. The third-order valence-electron chi connectivity index (χ3n) is 9.88. The van der Waals surface area contributed by atoms with Gasteiger partial charge in [0, 0.05) is 12.8 Å². The summed E-state index contributed by atoms with van der Waals surface area (Å²) < 4.78 is 4.26. The normalized spacial score (nSPS) is 14.2. The molecular formula is C40H60N6O2. The Morgan fingerprint density at radius 2 is 0.938 bits per heavy atom. The van der Waals surface area contributed by atoms with E-state index in [1.54, 1.807) is 0 Å². The Balaban J connectivity index is 1.32. The molecule has 0 saturated heterocycles. The molecule has 0 aliphatic heterocycles. The van der Waals surface area contributed by atoms with E-state index in [1.807, 2.05) is 49.1 Å². The molecule has 48 heavy (non-hydrogen) atoms. The Bertz CT molecular complexity index is 1440. The molecular weight excluding hydrogens is 596 g/mol. The molecule has 2 aromatic carbocycles. The third-order valence-corrected chi connectivity index (χ3v) is 9.88. The standard InChI is InChI=1S/C40H60N6O2/c1-5-7-9-11-13-21-29-39(3,45-31-41-33-23-15-17-25-35(33)45)43-37(47)27-19-20-28-38(48)44-40(4,30-22-14-12-10-8-6-2)46-32-42-34-24-16-18-26-36(34)46/h15-18,23-26,31-32H,5-14,19-22,27-30H2,1-4H3,(H,43,47)(H,44,48). The van der Waals surface area contributed by atoms with Crippen molar-refractivity contribution in [3.05, 3.63) is 61.2 Å². The molecule has 2 atom stereocenters. The van der Waals surface area contributed by atoms with Crippen molar-refractivity contribution in [2.24, 2.45) is 0 Å². The highest BCUT2D eigenvalue weighted by Crippen LogP contribution is 2.28. The lowest BCUT2D eigenvalue weighted by molar-refractivity contribution is -0.126. The van der Waals surface area contributed by atoms with Crippen LogP contribution in [0.15, 0.2) is 61.2 Å². The van der Waals surface area contributed by atoms with Gasteiger partial charge in [-0.1, -0.05) is 102 Å². The van der Waals surface area contributed by atoms with Gasteiger partial charge in [0.05, 0.1) is 34.7 Å². The largest absolute Gasteiger partial charge is 0.333 e. The van der Waals surface area contributed by atoms with E-state index in [1.165, 1.54) is 51.4 Å². The van der Waals surface area contributed by atoms with Gasteiger partial charge in [0.1, 0.15) is 11.3 Å². The molecule has 8 nitrogen and oxygen atoms in total. The maximum atomic E-state index is 13.4. The van der Waals surface area contributed by atoms with Crippen LogP contribution in [0.4, 0.5) is 0 Å². The first kappa shape index (κ1) is 37.1. The van der Waals surface area contributed by atoms with Crippen molar-refractivity contribution in [3.63, 3.8) is 0 Å². The summed E-state index contributed by atoms with van der Waals surface area (Å²) in [7, 11) is 0. The fourth-order valence-electron chi connectivity index (χ4n) is 6.99. The first-order valence-electron chi connectivity index (χ1n) is 18.8. The molecule has 0 spiro atoms. The van der Waals surface area contributed by atoms with Crippen molar-refractivity contribution in [3.8, 4) is 0 Å². The highest BCUT2D eigenvalue weighted by atomic mass is 16.2. The van der Waals surface area contributed by atoms with E-state index in [9.17, 15) is 9.59 Å². The second kappa shape index (κ2) is 18.8. The van der Waals surface area contributed by atoms with Crippen LogP contribution in [0.5, 0.6) is 0 Å². The first-order chi connectivity index (χ1) is 23.3. The number of hydrogen-bond acceptors (Lipinski definition) is 4. The average Bonchev–Trinajstić information content (AvgIpc) is 3.72. The number of nitrogens with one attached hydrogen (secondary N) is 2. The van der Waals surface area contributed by atoms with Crippen LogP contribution in [0.2, 0.25) is 0 Å². The maximum absolute atomic E-state index is 13.4. The van der Waals surface area contributed by atoms with Gasteiger partial charge in [0.15, 0.2) is 0 Å². The third kappa shape index (κ3) is 10.4. The van der Waals surface area contributed by atoms with Gasteiger partial charge >= 0.3 is 0 Å². The molecule has 0 saturated carbocycles. The zero-order chi connectivity index (χ0) is 34.2. The quantitative estimate of drug-likeness (QED) is 0.0778. The Morgan fingerprint density at radius 3 is 1.35 bits per heavy atom. The summed E-state index contributed by atoms with van der Waals surface area (Å²) in [5.41, 5.74) is 2.77. The minimum atomic E-state index is -0.568. The first-order valence-corrected chi connectivity index (χ1v) is 18.8. The molecule has 2 amide bonds. The Labute approximate surface area is 288 Å². The molecule has 0 fully saturated rings. The topological polar surface area (TPSA) is 93.8 Å². The lowest BCUT2D eigenvalue weighted by atomic mass is 10.00. The number of carbonyl (C=O) groups excluding carboxylic acids is 2. The number of aromatic nitrogens is 4. The molecule has 4 aromatic rings. The van der Waals surface area contributed by atoms with Crippen LogP contribution in [0, 0.1) is 0 Å². The van der Waals surface area contributed by atoms with E-state index < -0.39 is 11.3 Å². The number of unbranched alkanes of at least 4 members (excludes halogenated alkanes) is 11. The molecule has 2 aromatic heterocycles. The lowest BCUT2D eigenvalue weighted by Gasteiger charge is -2.34. The van der Waals surface area contributed by atoms with Gasteiger partial charge in [0.25, 0.3) is 0 Å². The monoisotopic (exact) mass is 656 g/mol. The van der Waals surface area contributed by atoms with Crippen LogP contribution in [-0.2, 0) is 20.9 Å². The molecule has 8 heteroatoms. The summed E-state index contributed by atoms with van der Waals surface area (Å²) in [5, 5.41) is 6.73. The predicted octanol–water partition coefficient (Wildman–Crippen LogP) is 9.73. The predicted molar refractivity (Wildman–Crippen MR) is 198 cm³/mol. The van der Waals surface area contributed by atoms with E-state index in [4.69, 9.17) is 0 Å². The van der Waals surface area contributed by atoms with Gasteiger partial charge in [-0.2, -0.15) is 0 Å². The van der Waals surface area contributed by atoms with Crippen LogP contribution >= 0.6 is 0 Å². The Hall–Kier alpha value is -3.68. The van der Waals surface area contributed by atoms with E-state index in [0.717, 1.165) is 60.6 Å². The second-order valence-electron chi connectivity index (χ2n) is 14.1. The number of amides is 2. The van der Waals surface area contributed by atoms with Gasteiger partial charge in [-0.25, -0.2) is 9.97 Å². The molecule has 2 heterocycles. The van der Waals surface area contributed by atoms with Crippen LogP contribution < -0.4 is 10.6 Å². The molecule has 2 unspecified atom stereocenters. The number of rotatable bonds is 23. The molecule has 0 aliphatic rings. The number of benzene rings is 2. The van der Waals surface area contributed by atoms with Crippen molar-refractivity contribution < 1.29 is 9.59 Å². The zero-order valence-corrected chi connectivity index (χ0v) is 30.1. The minimum Gasteiger partial charge on any atom is -0.333 e. The highest BCUT2D eigenvalue weighted by Gasteiger charge is 2.31. The smallest absolute Gasteiger partial charge is 0.221 e. The maximum Gasteiger partial charge on any atom is 0.221 e. The number of fused-ring (bicyclic) bond motifs is 2. The van der Waals surface area contributed by atoms with Crippen LogP contribution in [-0.4, -0.2) is 30.9 Å². The number of carbonyl (C=O) groups is 2. The Kier molecular flexibility index (Phi) is 14.5. The minimum absolute atomic E-state index is 0.0134. The highest BCUT2D eigenvalue weighted by molar-refractivity contribution is 5.80. The number of hydrogen-bond donors (Lipinski definition) is 2.